The van der Waals surface area contributed by atoms with Crippen LogP contribution in [0.1, 0.15) is 119 Å². The first-order chi connectivity index (χ1) is 32.1. The number of rotatable bonds is 11. The van der Waals surface area contributed by atoms with Crippen LogP contribution in [-0.2, 0) is 10.0 Å². The Kier molecular flexibility index (Phi) is 11.9. The number of hydrogen-bond donors (Lipinski definition) is 3. The van der Waals surface area contributed by atoms with Crippen molar-refractivity contribution in [2.24, 2.45) is 16.7 Å². The molecule has 3 atom stereocenters. The fourth-order valence-corrected chi connectivity index (χ4v) is 12.9. The first-order valence-electron chi connectivity index (χ1n) is 23.9. The predicted octanol–water partition coefficient (Wildman–Crippen LogP) is 10.8. The second kappa shape index (κ2) is 17.6. The number of ether oxygens (including phenoxy) is 2. The molecule has 10 rings (SSSR count). The number of hydrogen-bond acceptors (Lipinski definition) is 11. The number of fused-ring (bicyclic) bond motifs is 2. The van der Waals surface area contributed by atoms with Crippen molar-refractivity contribution in [1.82, 2.24) is 19.6 Å². The van der Waals surface area contributed by atoms with Crippen molar-refractivity contribution in [1.29, 1.82) is 0 Å². The minimum absolute atomic E-state index is 0.0399. The van der Waals surface area contributed by atoms with E-state index in [0.717, 1.165) is 81.8 Å². The predicted molar refractivity (Wildman–Crippen MR) is 260 cm³/mol. The highest BCUT2D eigenvalue weighted by atomic mass is 35.5. The molecule has 5 aliphatic rings. The number of aromatic nitrogens is 2. The fourth-order valence-electron chi connectivity index (χ4n) is 11.7. The number of carbonyl (C=O) groups is 1. The number of likely N-dealkylation sites (tertiary alicyclic amines) is 1. The van der Waals surface area contributed by atoms with Gasteiger partial charge in [0.05, 0.1) is 21.4 Å². The number of benzene rings is 3. The lowest BCUT2D eigenvalue weighted by Crippen LogP contribution is -2.63. The molecule has 2 saturated carbocycles. The molecule has 1 spiro atoms. The second-order valence-corrected chi connectivity index (χ2v) is 22.9. The van der Waals surface area contributed by atoms with Gasteiger partial charge in [-0.05, 0) is 115 Å². The lowest BCUT2D eigenvalue weighted by Gasteiger charge is -2.57. The maximum absolute atomic E-state index is 14.2. The second-order valence-electron chi connectivity index (χ2n) is 20.8. The minimum Gasteiger partial charge on any atom is -0.489 e. The number of H-pyrrole nitrogens is 1. The van der Waals surface area contributed by atoms with Gasteiger partial charge in [0.1, 0.15) is 18.0 Å². The number of pyridine rings is 1. The lowest BCUT2D eigenvalue weighted by molar-refractivity contribution is -0.384. The molecule has 67 heavy (non-hydrogen) atoms. The molecule has 3 N–H and O–H groups in total. The Labute approximate surface area is 397 Å². The van der Waals surface area contributed by atoms with E-state index in [-0.39, 0.29) is 63.0 Å². The van der Waals surface area contributed by atoms with Crippen LogP contribution in [0.3, 0.4) is 0 Å². The average Bonchev–Trinajstić information content (AvgIpc) is 3.97. The van der Waals surface area contributed by atoms with Gasteiger partial charge in [-0.1, -0.05) is 70.0 Å². The molecule has 0 radical (unpaired) electrons. The maximum atomic E-state index is 14.2. The quantitative estimate of drug-likeness (QED) is 0.0654. The van der Waals surface area contributed by atoms with Gasteiger partial charge in [0, 0.05) is 67.7 Å². The van der Waals surface area contributed by atoms with Crippen molar-refractivity contribution in [2.45, 2.75) is 114 Å². The summed E-state index contributed by atoms with van der Waals surface area (Å²) in [6.45, 7) is 13.1. The van der Waals surface area contributed by atoms with E-state index in [1.165, 1.54) is 36.5 Å². The van der Waals surface area contributed by atoms with Gasteiger partial charge in [-0.15, -0.1) is 0 Å². The molecule has 14 nitrogen and oxygen atoms in total. The average molecular weight is 951 g/mol. The van der Waals surface area contributed by atoms with Crippen molar-refractivity contribution < 1.29 is 27.6 Å². The highest BCUT2D eigenvalue weighted by molar-refractivity contribution is 7.90. The summed E-state index contributed by atoms with van der Waals surface area (Å²) < 4.78 is 42.6. The van der Waals surface area contributed by atoms with Crippen LogP contribution >= 0.6 is 11.6 Å². The molecule has 5 heterocycles. The monoisotopic (exact) mass is 949 g/mol. The van der Waals surface area contributed by atoms with Crippen LogP contribution < -0.4 is 24.4 Å². The van der Waals surface area contributed by atoms with Gasteiger partial charge in [0.25, 0.3) is 21.6 Å². The van der Waals surface area contributed by atoms with Crippen LogP contribution in [0.2, 0.25) is 5.15 Å². The highest BCUT2D eigenvalue weighted by Gasteiger charge is 2.49. The number of aromatic amines is 1. The van der Waals surface area contributed by atoms with Crippen LogP contribution in [0, 0.1) is 26.9 Å². The molecule has 5 aromatic rings. The third-order valence-corrected chi connectivity index (χ3v) is 17.2. The zero-order valence-electron chi connectivity index (χ0n) is 38.6. The number of anilines is 2. The Morgan fingerprint density at radius 2 is 1.75 bits per heavy atom. The molecule has 354 valence electrons. The van der Waals surface area contributed by atoms with Gasteiger partial charge in [-0.3, -0.25) is 19.8 Å². The summed E-state index contributed by atoms with van der Waals surface area (Å²) in [6.07, 6.45) is 11.5. The van der Waals surface area contributed by atoms with Crippen LogP contribution in [0.5, 0.6) is 17.2 Å². The molecule has 2 aliphatic carbocycles. The number of piperidine rings is 1. The van der Waals surface area contributed by atoms with E-state index in [1.807, 2.05) is 6.07 Å². The molecule has 3 aliphatic heterocycles. The number of nitro benzene ring substituents is 1. The number of nitro groups is 1. The third-order valence-electron chi connectivity index (χ3n) is 15.6. The summed E-state index contributed by atoms with van der Waals surface area (Å²) in [5.74, 6) is 0.637. The Morgan fingerprint density at radius 1 is 0.985 bits per heavy atom. The van der Waals surface area contributed by atoms with Gasteiger partial charge in [-0.25, -0.2) is 18.1 Å². The van der Waals surface area contributed by atoms with Gasteiger partial charge < -0.3 is 24.7 Å². The van der Waals surface area contributed by atoms with Crippen molar-refractivity contribution in [3.63, 3.8) is 0 Å². The number of sulfonamides is 1. The zero-order chi connectivity index (χ0) is 46.8. The molecule has 1 amide bonds. The van der Waals surface area contributed by atoms with Crippen LogP contribution in [-0.4, -0.2) is 79.0 Å². The Hall–Kier alpha value is -5.38. The van der Waals surface area contributed by atoms with E-state index < -0.39 is 31.4 Å². The number of carbonyl (C=O) groups excluding carboxylic acids is 1. The summed E-state index contributed by atoms with van der Waals surface area (Å²) in [5.41, 5.74) is 4.48. The standard InChI is InChI=1S/C51H60ClN7O7S/c1-31(2)36-8-5-6-9-37(36)38-10-7-11-41(38)58-29-51(30-58)19-22-57(23-20-51)34-12-13-39(43(25-34)66-45-24-33-16-21-53-48(33)55-47(45)52)49(60)56-67(63,64)35-26-42(59(61)62)46-44(27-35)65-28-40(54-46)32-14-17-50(3,4)18-15-32/h5-6,8-9,12-13,16,21,24-27,31-32,38,40-41,54H,7,10-11,14-15,17-20,22-23,28-30H2,1-4H3,(H,53,55)(H,56,60)/t38-,40-,41+/m1/s1. The summed E-state index contributed by atoms with van der Waals surface area (Å²) in [6, 6.07) is 20.2. The van der Waals surface area contributed by atoms with E-state index in [9.17, 15) is 23.3 Å². The SMILES string of the molecule is CC(C)c1ccccc1[C@H]1CCC[C@@H]1N1CC2(CCN(c3ccc(C(=O)NS(=O)(=O)c4cc5c(c([N+](=O)[O-])c4)N[C@@H](C4CCC(C)(C)CC4)CO5)c(Oc4cc5cc[nH]c5nc4Cl)c3)CC2)C1. The third kappa shape index (κ3) is 8.94. The van der Waals surface area contributed by atoms with Gasteiger partial charge in [-0.2, -0.15) is 0 Å². The van der Waals surface area contributed by atoms with Crippen molar-refractivity contribution in [2.75, 3.05) is 43.0 Å². The molecular formula is C51H60ClN7O7S. The normalized spacial score (nSPS) is 22.8. The van der Waals surface area contributed by atoms with Gasteiger partial charge in [0.15, 0.2) is 22.3 Å². The number of nitrogens with zero attached hydrogens (tertiary/aromatic N) is 4. The first kappa shape index (κ1) is 45.4. The minimum atomic E-state index is -4.66. The van der Waals surface area contributed by atoms with Crippen molar-refractivity contribution in [3.8, 4) is 17.2 Å². The Bertz CT molecular complexity index is 2820. The van der Waals surface area contributed by atoms with Crippen LogP contribution in [0.15, 0.2) is 77.8 Å². The zero-order valence-corrected chi connectivity index (χ0v) is 40.2. The maximum Gasteiger partial charge on any atom is 0.297 e. The summed E-state index contributed by atoms with van der Waals surface area (Å²) in [4.78, 5) is 38.0. The Morgan fingerprint density at radius 3 is 2.49 bits per heavy atom. The highest BCUT2D eigenvalue weighted by Crippen LogP contribution is 2.50. The van der Waals surface area contributed by atoms with E-state index >= 15 is 0 Å². The van der Waals surface area contributed by atoms with Crippen LogP contribution in [0.4, 0.5) is 17.1 Å². The first-order valence-corrected chi connectivity index (χ1v) is 25.7. The molecule has 4 fully saturated rings. The van der Waals surface area contributed by atoms with E-state index in [2.05, 4.69) is 81.8 Å². The smallest absolute Gasteiger partial charge is 0.297 e. The molecule has 16 heteroatoms. The number of nitrogens with one attached hydrogen (secondary N) is 3. The molecule has 3 aromatic carbocycles. The fraction of sp³-hybridized carbons (Fsp3) is 0.490. The Balaban J connectivity index is 0.866. The number of halogens is 1. The van der Waals surface area contributed by atoms with Crippen molar-refractivity contribution >= 4 is 55.6 Å². The molecule has 2 aromatic heterocycles. The topological polar surface area (TPSA) is 172 Å². The summed E-state index contributed by atoms with van der Waals surface area (Å²) in [7, 11) is -4.66. The van der Waals surface area contributed by atoms with Gasteiger partial charge in [0.2, 0.25) is 0 Å². The lowest BCUT2D eigenvalue weighted by atomic mass is 9.70. The van der Waals surface area contributed by atoms with Crippen molar-refractivity contribution in [3.05, 3.63) is 105 Å². The largest absolute Gasteiger partial charge is 0.489 e. The summed E-state index contributed by atoms with van der Waals surface area (Å²) in [5, 5.41) is 16.5. The number of amides is 1. The molecule has 2 saturated heterocycles. The summed E-state index contributed by atoms with van der Waals surface area (Å²) >= 11 is 6.62. The molecule has 0 bridgehead atoms. The molecule has 0 unspecified atom stereocenters. The van der Waals surface area contributed by atoms with Crippen LogP contribution in [0.25, 0.3) is 11.0 Å². The van der Waals surface area contributed by atoms with Gasteiger partial charge >= 0.3 is 0 Å². The van der Waals surface area contributed by atoms with E-state index in [0.29, 0.717) is 23.5 Å². The van der Waals surface area contributed by atoms with E-state index in [4.69, 9.17) is 21.1 Å². The van der Waals surface area contributed by atoms with E-state index in [1.54, 1.807) is 30.5 Å². The molecular weight excluding hydrogens is 890 g/mol.